The Morgan fingerprint density at radius 3 is 2.65 bits per heavy atom. The van der Waals surface area contributed by atoms with E-state index in [1.54, 1.807) is 11.3 Å². The first-order valence-corrected chi connectivity index (χ1v) is 12.9. The second kappa shape index (κ2) is 10.4. The molecule has 0 atom stereocenters. The largest absolute Gasteiger partial charge is 0.494 e. The van der Waals surface area contributed by atoms with Crippen molar-refractivity contribution in [3.63, 3.8) is 0 Å². The van der Waals surface area contributed by atoms with Crippen molar-refractivity contribution in [2.45, 2.75) is 32.7 Å². The van der Waals surface area contributed by atoms with Gasteiger partial charge in [0, 0.05) is 25.2 Å². The van der Waals surface area contributed by atoms with Crippen LogP contribution in [0.3, 0.4) is 0 Å². The molecule has 34 heavy (non-hydrogen) atoms. The zero-order valence-corrected chi connectivity index (χ0v) is 20.4. The quantitative estimate of drug-likeness (QED) is 0.245. The minimum atomic E-state index is 0.414. The van der Waals surface area contributed by atoms with Gasteiger partial charge in [0.25, 0.3) is 0 Å². The number of amidine groups is 1. The lowest BCUT2D eigenvalue weighted by Crippen LogP contribution is -2.24. The van der Waals surface area contributed by atoms with E-state index < -0.39 is 0 Å². The number of nitrogens with one attached hydrogen (secondary N) is 2. The van der Waals surface area contributed by atoms with Gasteiger partial charge >= 0.3 is 0 Å². The molecule has 2 aromatic carbocycles. The smallest absolute Gasteiger partial charge is 0.140 e. The molecule has 1 aliphatic rings. The van der Waals surface area contributed by atoms with Crippen LogP contribution in [0.25, 0.3) is 11.0 Å². The standard InChI is InChI=1S/C27H31N5OS/c1-2-33-22-10-7-20(8-11-22)18-26-30-23-19-21(29-27(28)25-6-5-17-34-25)9-12-24(23)32(26)16-15-31-13-3-4-14-31/h5-12,17,19H,2-4,13-16,18H2,1H3,(H2,28,29). The minimum Gasteiger partial charge on any atom is -0.494 e. The van der Waals surface area contributed by atoms with Crippen molar-refractivity contribution in [1.29, 1.82) is 5.41 Å². The molecule has 0 radical (unpaired) electrons. The third-order valence-electron chi connectivity index (χ3n) is 6.30. The van der Waals surface area contributed by atoms with Gasteiger partial charge in [-0.15, -0.1) is 11.3 Å². The fourth-order valence-electron chi connectivity index (χ4n) is 4.57. The van der Waals surface area contributed by atoms with Crippen molar-refractivity contribution in [2.75, 3.05) is 31.6 Å². The number of aromatic nitrogens is 2. The highest BCUT2D eigenvalue weighted by Crippen LogP contribution is 2.24. The van der Waals surface area contributed by atoms with Crippen LogP contribution in [0.1, 0.15) is 36.0 Å². The van der Waals surface area contributed by atoms with Crippen molar-refractivity contribution >= 4 is 33.9 Å². The second-order valence-electron chi connectivity index (χ2n) is 8.66. The number of likely N-dealkylation sites (tertiary alicyclic amines) is 1. The first-order chi connectivity index (χ1) is 16.7. The van der Waals surface area contributed by atoms with E-state index in [1.807, 2.05) is 36.6 Å². The molecule has 1 fully saturated rings. The van der Waals surface area contributed by atoms with E-state index in [1.165, 1.54) is 31.5 Å². The van der Waals surface area contributed by atoms with Gasteiger partial charge in [-0.1, -0.05) is 18.2 Å². The molecule has 0 unspecified atom stereocenters. The number of anilines is 1. The van der Waals surface area contributed by atoms with E-state index in [-0.39, 0.29) is 0 Å². The summed E-state index contributed by atoms with van der Waals surface area (Å²) in [6.45, 7) is 7.04. The Kier molecular flexibility index (Phi) is 6.92. The third kappa shape index (κ3) is 5.16. The predicted octanol–water partition coefficient (Wildman–Crippen LogP) is 5.62. The van der Waals surface area contributed by atoms with Crippen molar-refractivity contribution in [2.24, 2.45) is 0 Å². The van der Waals surface area contributed by atoms with Crippen LogP contribution in [0.5, 0.6) is 5.75 Å². The molecule has 3 heterocycles. The van der Waals surface area contributed by atoms with Crippen LogP contribution in [0.15, 0.2) is 60.0 Å². The SMILES string of the molecule is CCOc1ccc(Cc2nc3cc(NC(=N)c4cccs4)ccc3n2CCN2CCCC2)cc1. The fourth-order valence-corrected chi connectivity index (χ4v) is 5.20. The van der Waals surface area contributed by atoms with E-state index in [0.29, 0.717) is 12.4 Å². The summed E-state index contributed by atoms with van der Waals surface area (Å²) >= 11 is 1.56. The molecule has 6 nitrogen and oxygen atoms in total. The highest BCUT2D eigenvalue weighted by Gasteiger charge is 2.16. The van der Waals surface area contributed by atoms with Gasteiger partial charge in [0.1, 0.15) is 17.4 Å². The second-order valence-corrected chi connectivity index (χ2v) is 9.61. The molecule has 0 saturated carbocycles. The molecule has 0 spiro atoms. The fraction of sp³-hybridized carbons (Fsp3) is 0.333. The predicted molar refractivity (Wildman–Crippen MR) is 141 cm³/mol. The van der Waals surface area contributed by atoms with Gasteiger partial charge in [-0.05, 0) is 80.2 Å². The minimum absolute atomic E-state index is 0.414. The van der Waals surface area contributed by atoms with Gasteiger partial charge in [0.05, 0.1) is 22.5 Å². The Bertz CT molecular complexity index is 1240. The number of hydrogen-bond donors (Lipinski definition) is 2. The van der Waals surface area contributed by atoms with Crippen molar-refractivity contribution in [3.8, 4) is 5.75 Å². The van der Waals surface area contributed by atoms with Crippen LogP contribution in [0.2, 0.25) is 0 Å². The molecule has 0 bridgehead atoms. The number of rotatable bonds is 9. The van der Waals surface area contributed by atoms with Crippen LogP contribution in [-0.4, -0.2) is 46.5 Å². The average molecular weight is 474 g/mol. The van der Waals surface area contributed by atoms with Gasteiger partial charge in [0.2, 0.25) is 0 Å². The summed E-state index contributed by atoms with van der Waals surface area (Å²) in [4.78, 5) is 8.52. The Hall–Kier alpha value is -3.16. The van der Waals surface area contributed by atoms with Crippen LogP contribution in [0, 0.1) is 5.41 Å². The number of hydrogen-bond acceptors (Lipinski definition) is 5. The summed E-state index contributed by atoms with van der Waals surface area (Å²) in [5, 5.41) is 13.6. The number of nitrogens with zero attached hydrogens (tertiary/aromatic N) is 3. The molecule has 2 aromatic heterocycles. The van der Waals surface area contributed by atoms with Crippen LogP contribution < -0.4 is 10.1 Å². The Balaban J connectivity index is 1.41. The summed E-state index contributed by atoms with van der Waals surface area (Å²) < 4.78 is 7.97. The third-order valence-corrected chi connectivity index (χ3v) is 7.19. The van der Waals surface area contributed by atoms with Gasteiger partial charge in [-0.2, -0.15) is 0 Å². The zero-order valence-electron chi connectivity index (χ0n) is 19.6. The van der Waals surface area contributed by atoms with Gasteiger partial charge in [0.15, 0.2) is 0 Å². The maximum atomic E-state index is 8.35. The molecule has 7 heteroatoms. The van der Waals surface area contributed by atoms with E-state index >= 15 is 0 Å². The summed E-state index contributed by atoms with van der Waals surface area (Å²) in [7, 11) is 0. The van der Waals surface area contributed by atoms with E-state index in [2.05, 4.69) is 45.1 Å². The summed E-state index contributed by atoms with van der Waals surface area (Å²) in [6, 6.07) is 18.5. The first-order valence-electron chi connectivity index (χ1n) is 12.0. The lowest BCUT2D eigenvalue weighted by molar-refractivity contribution is 0.322. The maximum absolute atomic E-state index is 8.35. The highest BCUT2D eigenvalue weighted by molar-refractivity contribution is 7.12. The average Bonchev–Trinajstić information content (AvgIpc) is 3.61. The normalized spacial score (nSPS) is 14.0. The lowest BCUT2D eigenvalue weighted by atomic mass is 10.1. The molecule has 1 saturated heterocycles. The van der Waals surface area contributed by atoms with E-state index in [9.17, 15) is 0 Å². The number of imidazole rings is 1. The van der Waals surface area contributed by atoms with Crippen molar-refractivity contribution in [1.82, 2.24) is 14.5 Å². The molecular weight excluding hydrogens is 442 g/mol. The van der Waals surface area contributed by atoms with Gasteiger partial charge < -0.3 is 19.5 Å². The molecule has 4 aromatic rings. The monoisotopic (exact) mass is 473 g/mol. The molecule has 0 aliphatic carbocycles. The number of fused-ring (bicyclic) bond motifs is 1. The zero-order chi connectivity index (χ0) is 23.3. The number of benzene rings is 2. The molecule has 5 rings (SSSR count). The first kappa shape index (κ1) is 22.6. The Morgan fingerprint density at radius 1 is 1.09 bits per heavy atom. The van der Waals surface area contributed by atoms with E-state index in [0.717, 1.165) is 52.7 Å². The Morgan fingerprint density at radius 2 is 1.91 bits per heavy atom. The molecule has 2 N–H and O–H groups in total. The summed E-state index contributed by atoms with van der Waals surface area (Å²) in [5.74, 6) is 2.39. The Labute approximate surface area is 204 Å². The molecule has 1 aliphatic heterocycles. The molecule has 0 amide bonds. The van der Waals surface area contributed by atoms with Crippen molar-refractivity contribution < 1.29 is 4.74 Å². The number of ether oxygens (including phenoxy) is 1. The topological polar surface area (TPSA) is 66.2 Å². The van der Waals surface area contributed by atoms with Gasteiger partial charge in [-0.3, -0.25) is 5.41 Å². The number of thiophene rings is 1. The van der Waals surface area contributed by atoms with Crippen LogP contribution in [-0.2, 0) is 13.0 Å². The lowest BCUT2D eigenvalue weighted by Gasteiger charge is -2.17. The van der Waals surface area contributed by atoms with Crippen LogP contribution in [0.4, 0.5) is 5.69 Å². The van der Waals surface area contributed by atoms with E-state index in [4.69, 9.17) is 15.1 Å². The van der Waals surface area contributed by atoms with Crippen molar-refractivity contribution in [3.05, 3.63) is 76.2 Å². The maximum Gasteiger partial charge on any atom is 0.140 e. The summed E-state index contributed by atoms with van der Waals surface area (Å²) in [5.41, 5.74) is 4.22. The van der Waals surface area contributed by atoms with Crippen LogP contribution >= 0.6 is 11.3 Å². The summed E-state index contributed by atoms with van der Waals surface area (Å²) in [6.07, 6.45) is 3.37. The van der Waals surface area contributed by atoms with Gasteiger partial charge in [-0.25, -0.2) is 4.98 Å². The molecular formula is C27H31N5OS. The highest BCUT2D eigenvalue weighted by atomic mass is 32.1. The molecule has 176 valence electrons.